The normalized spacial score (nSPS) is 19.8. The van der Waals surface area contributed by atoms with Crippen molar-refractivity contribution in [1.82, 2.24) is 5.32 Å². The topological polar surface area (TPSA) is 189 Å². The predicted molar refractivity (Wildman–Crippen MR) is 307 cm³/mol. The number of carbonyl (C=O) groups is 1. The number of carbonyl (C=O) groups excluding carboxylic acids is 1. The first kappa shape index (κ1) is 70.9. The van der Waals surface area contributed by atoms with E-state index in [0.717, 1.165) is 38.5 Å². The zero-order valence-electron chi connectivity index (χ0n) is 48.4. The lowest BCUT2D eigenvalue weighted by Crippen LogP contribution is -2.60. The van der Waals surface area contributed by atoms with E-state index in [1.54, 1.807) is 0 Å². The van der Waals surface area contributed by atoms with E-state index >= 15 is 0 Å². The van der Waals surface area contributed by atoms with E-state index in [4.69, 9.17) is 9.47 Å². The Balaban J connectivity index is 2.20. The average molecular weight is 1050 g/mol. The first-order valence-corrected chi connectivity index (χ1v) is 32.1. The maximum Gasteiger partial charge on any atom is 0.249 e. The summed E-state index contributed by atoms with van der Waals surface area (Å²) in [5, 5.41) is 76.2. The summed E-state index contributed by atoms with van der Waals surface area (Å²) >= 11 is 0. The SMILES string of the molecule is CCCCCCCCCCCCCCCCCCCCCCCCCCCCC/C=C/CCCC(O)C(O)C(COC1OC(CO)C(O)C(O)C1O)NC(=O)C(O)CCCCCCCCCCCCCCCCC. The fraction of sp³-hybridized carbons (Fsp3) is 0.952. The Morgan fingerprint density at radius 1 is 0.459 bits per heavy atom. The Bertz CT molecular complexity index is 1210. The van der Waals surface area contributed by atoms with Crippen LogP contribution in [0.5, 0.6) is 0 Å². The molecule has 1 rings (SSSR count). The van der Waals surface area contributed by atoms with Gasteiger partial charge in [0, 0.05) is 0 Å². The molecule has 11 heteroatoms. The molecule has 11 nitrogen and oxygen atoms in total. The number of aliphatic hydroxyl groups excluding tert-OH is 7. The highest BCUT2D eigenvalue weighted by Gasteiger charge is 2.44. The molecule has 0 aromatic heterocycles. The summed E-state index contributed by atoms with van der Waals surface area (Å²) in [5.41, 5.74) is 0. The van der Waals surface area contributed by atoms with Gasteiger partial charge in [0.2, 0.25) is 5.91 Å². The Morgan fingerprint density at radius 2 is 0.797 bits per heavy atom. The van der Waals surface area contributed by atoms with Gasteiger partial charge >= 0.3 is 0 Å². The summed E-state index contributed by atoms with van der Waals surface area (Å²) < 4.78 is 11.1. The molecule has 1 amide bonds. The number of hydrogen-bond donors (Lipinski definition) is 8. The molecule has 8 N–H and O–H groups in total. The molecule has 1 fully saturated rings. The molecule has 1 saturated heterocycles. The monoisotopic (exact) mass is 1050 g/mol. The van der Waals surface area contributed by atoms with Crippen LogP contribution in [0.4, 0.5) is 0 Å². The van der Waals surface area contributed by atoms with Crippen molar-refractivity contribution < 1.29 is 50.0 Å². The third kappa shape index (κ3) is 40.1. The van der Waals surface area contributed by atoms with Crippen molar-refractivity contribution in [1.29, 1.82) is 0 Å². The quantitative estimate of drug-likeness (QED) is 0.0215. The lowest BCUT2D eigenvalue weighted by atomic mass is 9.98. The molecular formula is C63H123NO10. The molecule has 9 unspecified atom stereocenters. The first-order chi connectivity index (χ1) is 36.2. The minimum Gasteiger partial charge on any atom is -0.394 e. The fourth-order valence-corrected chi connectivity index (χ4v) is 10.6. The molecular weight excluding hydrogens is 931 g/mol. The standard InChI is InChI=1S/C63H123NO10/c1-3-5-7-9-11-13-15-17-19-20-21-22-23-24-25-26-27-28-29-30-31-32-33-34-35-37-38-40-42-44-46-48-50-55(66)58(68)54(53-73-63-61(71)60(70)59(69)57(52-65)74-63)64-62(72)56(67)51-49-47-45-43-41-39-36-18-16-14-12-10-8-6-4-2/h42,44,54-61,63,65-71H,3-41,43,45-53H2,1-2H3,(H,64,72)/b44-42+. The van der Waals surface area contributed by atoms with Crippen molar-refractivity contribution in [3.8, 4) is 0 Å². The van der Waals surface area contributed by atoms with Gasteiger partial charge in [0.15, 0.2) is 6.29 Å². The Hall–Kier alpha value is -1.15. The summed E-state index contributed by atoms with van der Waals surface area (Å²) in [6.07, 6.45) is 51.6. The van der Waals surface area contributed by atoms with E-state index < -0.39 is 74.2 Å². The van der Waals surface area contributed by atoms with E-state index in [1.165, 1.54) is 238 Å². The molecule has 1 heterocycles. The van der Waals surface area contributed by atoms with Gasteiger partial charge in [-0.15, -0.1) is 0 Å². The van der Waals surface area contributed by atoms with E-state index in [1.807, 2.05) is 0 Å². The number of nitrogens with one attached hydrogen (secondary N) is 1. The molecule has 0 spiro atoms. The zero-order chi connectivity index (χ0) is 54.0. The van der Waals surface area contributed by atoms with Crippen LogP contribution >= 0.6 is 0 Å². The smallest absolute Gasteiger partial charge is 0.249 e. The van der Waals surface area contributed by atoms with Gasteiger partial charge in [-0.3, -0.25) is 4.79 Å². The van der Waals surface area contributed by atoms with E-state index in [2.05, 4.69) is 31.3 Å². The lowest BCUT2D eigenvalue weighted by Gasteiger charge is -2.40. The van der Waals surface area contributed by atoms with Crippen LogP contribution in [0.3, 0.4) is 0 Å². The lowest BCUT2D eigenvalue weighted by molar-refractivity contribution is -0.303. The highest BCUT2D eigenvalue weighted by molar-refractivity contribution is 5.80. The van der Waals surface area contributed by atoms with E-state index in [9.17, 15) is 40.5 Å². The van der Waals surface area contributed by atoms with Gasteiger partial charge in [0.25, 0.3) is 0 Å². The molecule has 1 aliphatic rings. The first-order valence-electron chi connectivity index (χ1n) is 32.1. The second-order valence-corrected chi connectivity index (χ2v) is 22.8. The van der Waals surface area contributed by atoms with Crippen LogP contribution in [0, 0.1) is 0 Å². The van der Waals surface area contributed by atoms with Gasteiger partial charge in [0.1, 0.15) is 36.6 Å². The molecule has 0 aliphatic carbocycles. The number of ether oxygens (including phenoxy) is 2. The number of hydrogen-bond acceptors (Lipinski definition) is 10. The summed E-state index contributed by atoms with van der Waals surface area (Å²) in [6.45, 7) is 3.48. The highest BCUT2D eigenvalue weighted by Crippen LogP contribution is 2.24. The van der Waals surface area contributed by atoms with Crippen molar-refractivity contribution in [2.45, 2.75) is 371 Å². The third-order valence-electron chi connectivity index (χ3n) is 15.8. The zero-order valence-corrected chi connectivity index (χ0v) is 48.4. The van der Waals surface area contributed by atoms with Crippen LogP contribution in [0.15, 0.2) is 12.2 Å². The van der Waals surface area contributed by atoms with Crippen molar-refractivity contribution in [3.63, 3.8) is 0 Å². The minimum atomic E-state index is -1.67. The summed E-state index contributed by atoms with van der Waals surface area (Å²) in [6, 6.07) is -1.18. The van der Waals surface area contributed by atoms with Gasteiger partial charge < -0.3 is 50.5 Å². The van der Waals surface area contributed by atoms with E-state index in [-0.39, 0.29) is 12.8 Å². The maximum atomic E-state index is 13.2. The van der Waals surface area contributed by atoms with Crippen molar-refractivity contribution in [2.75, 3.05) is 13.2 Å². The summed E-state index contributed by atoms with van der Waals surface area (Å²) in [7, 11) is 0. The predicted octanol–water partition coefficient (Wildman–Crippen LogP) is 14.3. The van der Waals surface area contributed by atoms with Crippen LogP contribution in [0.25, 0.3) is 0 Å². The Kier molecular flexibility index (Phi) is 50.3. The van der Waals surface area contributed by atoms with Crippen molar-refractivity contribution in [3.05, 3.63) is 12.2 Å². The van der Waals surface area contributed by atoms with Crippen LogP contribution in [-0.2, 0) is 14.3 Å². The van der Waals surface area contributed by atoms with Gasteiger partial charge in [-0.25, -0.2) is 0 Å². The number of aliphatic hydroxyl groups is 7. The fourth-order valence-electron chi connectivity index (χ4n) is 10.6. The number of rotatable bonds is 56. The largest absolute Gasteiger partial charge is 0.394 e. The van der Waals surface area contributed by atoms with Crippen LogP contribution in [0.2, 0.25) is 0 Å². The molecule has 74 heavy (non-hydrogen) atoms. The van der Waals surface area contributed by atoms with E-state index in [0.29, 0.717) is 12.8 Å². The third-order valence-corrected chi connectivity index (χ3v) is 15.8. The minimum absolute atomic E-state index is 0.259. The van der Waals surface area contributed by atoms with Gasteiger partial charge in [-0.1, -0.05) is 289 Å². The summed E-state index contributed by atoms with van der Waals surface area (Å²) in [4.78, 5) is 13.2. The molecule has 0 bridgehead atoms. The second-order valence-electron chi connectivity index (χ2n) is 22.8. The number of amides is 1. The second kappa shape index (κ2) is 52.5. The van der Waals surface area contributed by atoms with Crippen LogP contribution < -0.4 is 5.32 Å². The van der Waals surface area contributed by atoms with Crippen LogP contribution in [-0.4, -0.2) is 110 Å². The molecule has 1 aliphatic heterocycles. The van der Waals surface area contributed by atoms with Crippen molar-refractivity contribution in [2.24, 2.45) is 0 Å². The van der Waals surface area contributed by atoms with Gasteiger partial charge in [-0.2, -0.15) is 0 Å². The van der Waals surface area contributed by atoms with Crippen molar-refractivity contribution >= 4 is 5.91 Å². The number of unbranched alkanes of at least 4 members (excludes halogenated alkanes) is 42. The van der Waals surface area contributed by atoms with Crippen LogP contribution in [0.1, 0.15) is 316 Å². The molecule has 0 saturated carbocycles. The highest BCUT2D eigenvalue weighted by atomic mass is 16.7. The number of allylic oxidation sites excluding steroid dienone is 2. The Labute approximate surface area is 455 Å². The molecule has 9 atom stereocenters. The Morgan fingerprint density at radius 3 is 1.16 bits per heavy atom. The average Bonchev–Trinajstić information content (AvgIpc) is 3.40. The molecule has 0 aromatic rings. The van der Waals surface area contributed by atoms with Gasteiger partial charge in [-0.05, 0) is 38.5 Å². The molecule has 440 valence electrons. The maximum absolute atomic E-state index is 13.2. The van der Waals surface area contributed by atoms with Gasteiger partial charge in [0.05, 0.1) is 25.4 Å². The summed E-state index contributed by atoms with van der Waals surface area (Å²) in [5.74, 6) is -0.701. The molecule has 0 radical (unpaired) electrons. The molecule has 0 aromatic carbocycles.